The minimum Gasteiger partial charge on any atom is -0.370 e. The molecule has 0 aliphatic carbocycles. The van der Waals surface area contributed by atoms with Crippen molar-refractivity contribution in [1.82, 2.24) is 0 Å². The molecule has 1 aromatic carbocycles. The Balaban J connectivity index is 2.03. The number of sulfone groups is 1. The molecule has 0 spiro atoms. The molecule has 0 radical (unpaired) electrons. The van der Waals surface area contributed by atoms with Crippen LogP contribution in [0.2, 0.25) is 0 Å². The van der Waals surface area contributed by atoms with Gasteiger partial charge in [0.25, 0.3) is 0 Å². The van der Waals surface area contributed by atoms with Crippen molar-refractivity contribution in [2.75, 3.05) is 11.1 Å². The topological polar surface area (TPSA) is 84.5 Å². The van der Waals surface area contributed by atoms with Crippen LogP contribution in [-0.4, -0.2) is 20.1 Å². The van der Waals surface area contributed by atoms with Gasteiger partial charge in [0, 0.05) is 10.6 Å². The number of hydrogen-bond acceptors (Lipinski definition) is 4. The Hall–Kier alpha value is -1.86. The van der Waals surface area contributed by atoms with Gasteiger partial charge in [-0.1, -0.05) is 13.0 Å². The molecule has 1 heterocycles. The number of hydrogen-bond donors (Lipinski definition) is 2. The molecular formula is C16H21N3O2S2. The zero-order chi connectivity index (χ0) is 17.0. The quantitative estimate of drug-likeness (QED) is 0.640. The highest BCUT2D eigenvalue weighted by molar-refractivity contribution is 7.93. The lowest BCUT2D eigenvalue weighted by Crippen LogP contribution is -2.22. The number of nitrogens with zero attached hydrogens (tertiary/aromatic N) is 1. The largest absolute Gasteiger partial charge is 0.370 e. The molecule has 0 aliphatic rings. The van der Waals surface area contributed by atoms with Gasteiger partial charge in [-0.05, 0) is 49.2 Å². The zero-order valence-electron chi connectivity index (χ0n) is 13.5. The van der Waals surface area contributed by atoms with E-state index in [1.165, 1.54) is 22.5 Å². The number of nitrogens with two attached hydrogens (primary N) is 1. The van der Waals surface area contributed by atoms with Crippen molar-refractivity contribution in [2.45, 2.75) is 31.5 Å². The third kappa shape index (κ3) is 4.56. The third-order valence-electron chi connectivity index (χ3n) is 3.51. The van der Waals surface area contributed by atoms with Gasteiger partial charge in [0.2, 0.25) is 0 Å². The van der Waals surface area contributed by atoms with Gasteiger partial charge in [-0.25, -0.2) is 13.4 Å². The highest BCUT2D eigenvalue weighted by atomic mass is 32.2. The van der Waals surface area contributed by atoms with Gasteiger partial charge >= 0.3 is 0 Å². The molecular weight excluding hydrogens is 330 g/mol. The summed E-state index contributed by atoms with van der Waals surface area (Å²) >= 11 is 1.24. The van der Waals surface area contributed by atoms with Gasteiger partial charge in [0.05, 0.1) is 12.3 Å². The maximum atomic E-state index is 11.8. The van der Waals surface area contributed by atoms with E-state index in [9.17, 15) is 8.42 Å². The van der Waals surface area contributed by atoms with Crippen molar-refractivity contribution in [1.29, 1.82) is 0 Å². The summed E-state index contributed by atoms with van der Waals surface area (Å²) in [6, 6.07) is 9.38. The van der Waals surface area contributed by atoms with Crippen molar-refractivity contribution < 1.29 is 8.42 Å². The SMILES string of the molecule is CCS(=O)(=O)c1ccc(CN=C(N)Nc2ccc(C)c(C)c2)s1. The van der Waals surface area contributed by atoms with Crippen LogP contribution >= 0.6 is 11.3 Å². The summed E-state index contributed by atoms with van der Waals surface area (Å²) in [4.78, 5) is 5.12. The van der Waals surface area contributed by atoms with E-state index < -0.39 is 9.84 Å². The van der Waals surface area contributed by atoms with Gasteiger partial charge in [-0.3, -0.25) is 0 Å². The first kappa shape index (κ1) is 17.5. The lowest BCUT2D eigenvalue weighted by molar-refractivity contribution is 0.599. The molecule has 7 heteroatoms. The first-order valence-electron chi connectivity index (χ1n) is 7.27. The van der Waals surface area contributed by atoms with Crippen LogP contribution in [0.25, 0.3) is 0 Å². The van der Waals surface area contributed by atoms with E-state index >= 15 is 0 Å². The Morgan fingerprint density at radius 2 is 1.96 bits per heavy atom. The van der Waals surface area contributed by atoms with E-state index in [1.54, 1.807) is 19.1 Å². The Kier molecular flexibility index (Phi) is 5.43. The highest BCUT2D eigenvalue weighted by Gasteiger charge is 2.14. The molecule has 0 aliphatic heterocycles. The highest BCUT2D eigenvalue weighted by Crippen LogP contribution is 2.23. The molecule has 2 rings (SSSR count). The molecule has 5 nitrogen and oxygen atoms in total. The molecule has 0 atom stereocenters. The molecule has 0 fully saturated rings. The summed E-state index contributed by atoms with van der Waals surface area (Å²) in [5.41, 5.74) is 9.16. The van der Waals surface area contributed by atoms with Crippen LogP contribution in [0.4, 0.5) is 5.69 Å². The molecule has 23 heavy (non-hydrogen) atoms. The van der Waals surface area contributed by atoms with Crippen molar-refractivity contribution in [2.24, 2.45) is 10.7 Å². The van der Waals surface area contributed by atoms with Gasteiger partial charge in [0.15, 0.2) is 15.8 Å². The summed E-state index contributed by atoms with van der Waals surface area (Å²) in [5, 5.41) is 3.04. The smallest absolute Gasteiger partial charge is 0.193 e. The van der Waals surface area contributed by atoms with Crippen LogP contribution < -0.4 is 11.1 Å². The number of guanidine groups is 1. The Bertz CT molecular complexity index is 824. The van der Waals surface area contributed by atoms with E-state index in [0.29, 0.717) is 16.7 Å². The summed E-state index contributed by atoms with van der Waals surface area (Å²) in [5.74, 6) is 0.411. The lowest BCUT2D eigenvalue weighted by Gasteiger charge is -2.07. The molecule has 2 aromatic rings. The molecule has 0 saturated carbocycles. The molecule has 0 unspecified atom stereocenters. The van der Waals surface area contributed by atoms with Gasteiger partial charge in [0.1, 0.15) is 4.21 Å². The van der Waals surface area contributed by atoms with E-state index in [1.807, 2.05) is 25.1 Å². The second-order valence-electron chi connectivity index (χ2n) is 5.25. The second kappa shape index (κ2) is 7.14. The minimum atomic E-state index is -3.15. The van der Waals surface area contributed by atoms with E-state index in [-0.39, 0.29) is 5.75 Å². The van der Waals surface area contributed by atoms with Crippen LogP contribution in [0.3, 0.4) is 0 Å². The maximum Gasteiger partial charge on any atom is 0.193 e. The standard InChI is InChI=1S/C16H21N3O2S2/c1-4-23(20,21)15-8-7-14(22-15)10-18-16(17)19-13-6-5-11(2)12(3)9-13/h5-9H,4,10H2,1-3H3,(H3,17,18,19). The van der Waals surface area contributed by atoms with Crippen molar-refractivity contribution in [3.63, 3.8) is 0 Å². The molecule has 3 N–H and O–H groups in total. The predicted molar refractivity (Wildman–Crippen MR) is 96.9 cm³/mol. The number of aryl methyl sites for hydroxylation is 2. The monoisotopic (exact) mass is 351 g/mol. The normalized spacial score (nSPS) is 12.4. The number of thiophene rings is 1. The fourth-order valence-corrected chi connectivity index (χ4v) is 4.32. The summed E-state index contributed by atoms with van der Waals surface area (Å²) < 4.78 is 24.0. The van der Waals surface area contributed by atoms with Gasteiger partial charge < -0.3 is 11.1 Å². The van der Waals surface area contributed by atoms with E-state index in [2.05, 4.69) is 17.2 Å². The van der Waals surface area contributed by atoms with Crippen molar-refractivity contribution in [3.05, 3.63) is 46.3 Å². The Morgan fingerprint density at radius 3 is 2.61 bits per heavy atom. The second-order valence-corrected chi connectivity index (χ2v) is 8.92. The van der Waals surface area contributed by atoms with Crippen LogP contribution in [0.1, 0.15) is 22.9 Å². The summed E-state index contributed by atoms with van der Waals surface area (Å²) in [6.45, 7) is 6.08. The zero-order valence-corrected chi connectivity index (χ0v) is 15.1. The minimum absolute atomic E-state index is 0.104. The number of aliphatic imine (C=N–C) groups is 1. The predicted octanol–water partition coefficient (Wildman–Crippen LogP) is 3.09. The first-order valence-corrected chi connectivity index (χ1v) is 9.74. The lowest BCUT2D eigenvalue weighted by atomic mass is 10.1. The average Bonchev–Trinajstić information content (AvgIpc) is 2.99. The molecule has 1 aromatic heterocycles. The van der Waals surface area contributed by atoms with Crippen LogP contribution in [0.15, 0.2) is 39.5 Å². The molecule has 0 bridgehead atoms. The number of benzene rings is 1. The van der Waals surface area contributed by atoms with Crippen LogP contribution in [0.5, 0.6) is 0 Å². The van der Waals surface area contributed by atoms with Crippen LogP contribution in [0, 0.1) is 13.8 Å². The molecule has 124 valence electrons. The van der Waals surface area contributed by atoms with E-state index in [0.717, 1.165) is 10.6 Å². The Morgan fingerprint density at radius 1 is 1.22 bits per heavy atom. The summed E-state index contributed by atoms with van der Waals surface area (Å²) in [6.07, 6.45) is 0. The average molecular weight is 351 g/mol. The fraction of sp³-hybridized carbons (Fsp3) is 0.312. The van der Waals surface area contributed by atoms with Gasteiger partial charge in [-0.15, -0.1) is 11.3 Å². The Labute approximate surface area is 141 Å². The first-order chi connectivity index (χ1) is 10.8. The fourth-order valence-electron chi connectivity index (χ4n) is 1.92. The van der Waals surface area contributed by atoms with Crippen LogP contribution in [-0.2, 0) is 16.4 Å². The van der Waals surface area contributed by atoms with Crippen molar-refractivity contribution in [3.8, 4) is 0 Å². The van der Waals surface area contributed by atoms with Gasteiger partial charge in [-0.2, -0.15) is 0 Å². The number of anilines is 1. The molecule has 0 amide bonds. The third-order valence-corrected chi connectivity index (χ3v) is 6.89. The summed E-state index contributed by atoms with van der Waals surface area (Å²) in [7, 11) is -3.15. The number of rotatable bonds is 5. The molecule has 0 saturated heterocycles. The number of nitrogens with one attached hydrogen (secondary N) is 1. The van der Waals surface area contributed by atoms with Crippen molar-refractivity contribution >= 4 is 32.8 Å². The van der Waals surface area contributed by atoms with E-state index in [4.69, 9.17) is 5.73 Å². The maximum absolute atomic E-state index is 11.8.